The number of rotatable bonds is 11. The van der Waals surface area contributed by atoms with Gasteiger partial charge in [-0.05, 0) is 80.8 Å². The molecular weight excluding hydrogens is 402 g/mol. The van der Waals surface area contributed by atoms with E-state index >= 15 is 0 Å². The Labute approximate surface area is 192 Å². The Bertz CT molecular complexity index is 922. The fourth-order valence-electron chi connectivity index (χ4n) is 4.63. The van der Waals surface area contributed by atoms with Crippen LogP contribution in [0.2, 0.25) is 0 Å². The predicted octanol–water partition coefficient (Wildman–Crippen LogP) is 7.41. The van der Waals surface area contributed by atoms with E-state index in [9.17, 15) is 10.1 Å². The molecule has 2 aromatic rings. The molecule has 0 N–H and O–H groups in total. The number of aryl methyl sites for hydroxylation is 2. The van der Waals surface area contributed by atoms with E-state index in [1.54, 1.807) is 12.1 Å². The van der Waals surface area contributed by atoms with Gasteiger partial charge in [0.15, 0.2) is 0 Å². The molecule has 2 aromatic carbocycles. The van der Waals surface area contributed by atoms with E-state index in [1.807, 2.05) is 0 Å². The van der Waals surface area contributed by atoms with E-state index in [1.165, 1.54) is 66.5 Å². The maximum absolute atomic E-state index is 10.9. The Morgan fingerprint density at radius 1 is 1.03 bits per heavy atom. The van der Waals surface area contributed by atoms with Crippen molar-refractivity contribution in [2.45, 2.75) is 91.1 Å². The number of nitro benzene ring substituents is 1. The first-order valence-electron chi connectivity index (χ1n) is 12.0. The monoisotopic (exact) mass is 439 g/mol. The lowest BCUT2D eigenvalue weighted by Crippen LogP contribution is -2.45. The van der Waals surface area contributed by atoms with Gasteiger partial charge in [-0.1, -0.05) is 45.1 Å². The van der Waals surface area contributed by atoms with Crippen molar-refractivity contribution in [1.29, 1.82) is 0 Å². The number of nitro groups is 1. The zero-order chi connectivity index (χ0) is 23.1. The summed E-state index contributed by atoms with van der Waals surface area (Å²) < 4.78 is 12.9. The van der Waals surface area contributed by atoms with Gasteiger partial charge >= 0.3 is 0 Å². The number of nitrogens with zero attached hydrogens (tertiary/aromatic N) is 1. The average Bonchev–Trinajstić information content (AvgIpc) is 2.79. The molecule has 0 spiro atoms. The first-order valence-corrected chi connectivity index (χ1v) is 12.0. The molecule has 0 radical (unpaired) electrons. The number of hydrogen-bond donors (Lipinski definition) is 0. The second kappa shape index (κ2) is 10.8. The van der Waals surface area contributed by atoms with Crippen molar-refractivity contribution in [3.63, 3.8) is 0 Å². The summed E-state index contributed by atoms with van der Waals surface area (Å²) in [5.74, 6) is 1.68. The lowest BCUT2D eigenvalue weighted by atomic mass is 9.84. The highest BCUT2D eigenvalue weighted by Gasteiger charge is 2.38. The molecule has 0 saturated heterocycles. The van der Waals surface area contributed by atoms with Crippen molar-refractivity contribution in [2.75, 3.05) is 6.61 Å². The van der Waals surface area contributed by atoms with Gasteiger partial charge in [0.1, 0.15) is 23.7 Å². The molecule has 3 rings (SSSR count). The van der Waals surface area contributed by atoms with Gasteiger partial charge < -0.3 is 9.47 Å². The summed E-state index contributed by atoms with van der Waals surface area (Å²) in [7, 11) is 0. The molecule has 0 saturated carbocycles. The van der Waals surface area contributed by atoms with Gasteiger partial charge in [-0.2, -0.15) is 0 Å². The van der Waals surface area contributed by atoms with E-state index < -0.39 is 4.92 Å². The van der Waals surface area contributed by atoms with E-state index in [-0.39, 0.29) is 11.3 Å². The minimum Gasteiger partial charge on any atom is -0.489 e. The van der Waals surface area contributed by atoms with Crippen molar-refractivity contribution in [1.82, 2.24) is 0 Å². The summed E-state index contributed by atoms with van der Waals surface area (Å²) in [5, 5.41) is 10.9. The largest absolute Gasteiger partial charge is 0.489 e. The molecule has 5 nitrogen and oxygen atoms in total. The highest BCUT2D eigenvalue weighted by atomic mass is 16.6. The molecule has 0 fully saturated rings. The molecule has 1 aliphatic rings. The van der Waals surface area contributed by atoms with Crippen molar-refractivity contribution >= 4 is 5.69 Å². The third-order valence-electron chi connectivity index (χ3n) is 6.80. The Morgan fingerprint density at radius 2 is 1.72 bits per heavy atom. The second-order valence-corrected chi connectivity index (χ2v) is 9.29. The van der Waals surface area contributed by atoms with E-state index in [2.05, 4.69) is 33.8 Å². The van der Waals surface area contributed by atoms with Crippen LogP contribution >= 0.6 is 0 Å². The lowest BCUT2D eigenvalue weighted by Gasteiger charge is -2.40. The van der Waals surface area contributed by atoms with Crippen LogP contribution in [0.3, 0.4) is 0 Å². The number of benzene rings is 2. The van der Waals surface area contributed by atoms with E-state index in [0.29, 0.717) is 12.4 Å². The Morgan fingerprint density at radius 3 is 2.41 bits per heavy atom. The Hall–Kier alpha value is -2.56. The van der Waals surface area contributed by atoms with Gasteiger partial charge in [0.05, 0.1) is 4.92 Å². The van der Waals surface area contributed by atoms with Crippen LogP contribution in [-0.4, -0.2) is 17.1 Å². The van der Waals surface area contributed by atoms with Gasteiger partial charge in [-0.3, -0.25) is 10.1 Å². The zero-order valence-electron chi connectivity index (χ0n) is 20.0. The molecular formula is C27H37NO4. The van der Waals surface area contributed by atoms with Crippen LogP contribution in [0.15, 0.2) is 30.3 Å². The van der Waals surface area contributed by atoms with Gasteiger partial charge in [0.2, 0.25) is 0 Å². The summed E-state index contributed by atoms with van der Waals surface area (Å²) in [5.41, 5.74) is 4.80. The summed E-state index contributed by atoms with van der Waals surface area (Å²) in [6.45, 7) is 9.15. The molecule has 174 valence electrons. The number of hydrogen-bond acceptors (Lipinski definition) is 4. The van der Waals surface area contributed by atoms with Crippen molar-refractivity contribution < 1.29 is 14.4 Å². The third kappa shape index (κ3) is 5.81. The molecule has 0 bridgehead atoms. The van der Waals surface area contributed by atoms with Crippen LogP contribution in [0.25, 0.3) is 0 Å². The fraction of sp³-hybridized carbons (Fsp3) is 0.556. The topological polar surface area (TPSA) is 61.6 Å². The smallest absolute Gasteiger partial charge is 0.269 e. The highest BCUT2D eigenvalue weighted by molar-refractivity contribution is 5.51. The maximum Gasteiger partial charge on any atom is 0.269 e. The SMILES string of the molecule is CCCCCCCCC1(COc2ccc([N+](=O)[O-])cc2)CCc2c(C)cc(C)c(C)c2O1. The zero-order valence-corrected chi connectivity index (χ0v) is 20.0. The van der Waals surface area contributed by atoms with Gasteiger partial charge in [0, 0.05) is 12.1 Å². The number of unbranched alkanes of at least 4 members (excludes halogenated alkanes) is 5. The molecule has 1 aliphatic heterocycles. The molecule has 0 aromatic heterocycles. The molecule has 0 amide bonds. The minimum absolute atomic E-state index is 0.0727. The van der Waals surface area contributed by atoms with E-state index in [4.69, 9.17) is 9.47 Å². The van der Waals surface area contributed by atoms with Gasteiger partial charge in [-0.25, -0.2) is 0 Å². The predicted molar refractivity (Wildman–Crippen MR) is 129 cm³/mol. The van der Waals surface area contributed by atoms with Crippen LogP contribution in [0.4, 0.5) is 5.69 Å². The first-order chi connectivity index (χ1) is 15.3. The van der Waals surface area contributed by atoms with Crippen LogP contribution in [0.1, 0.15) is 80.5 Å². The molecule has 1 atom stereocenters. The van der Waals surface area contributed by atoms with E-state index in [0.717, 1.165) is 31.4 Å². The molecule has 32 heavy (non-hydrogen) atoms. The standard InChI is InChI=1S/C27H37NO4/c1-5-6-7-8-9-10-16-27(19-31-24-13-11-23(12-14-24)28(29)30)17-15-25-21(3)18-20(2)22(4)26(25)32-27/h11-14,18H,5-10,15-17,19H2,1-4H3. The first kappa shape index (κ1) is 24.1. The number of non-ortho nitro benzene ring substituents is 1. The van der Waals surface area contributed by atoms with Gasteiger partial charge in [0.25, 0.3) is 5.69 Å². The molecule has 1 heterocycles. The third-order valence-corrected chi connectivity index (χ3v) is 6.80. The Balaban J connectivity index is 1.75. The lowest BCUT2D eigenvalue weighted by molar-refractivity contribution is -0.384. The van der Waals surface area contributed by atoms with Crippen LogP contribution < -0.4 is 9.47 Å². The van der Waals surface area contributed by atoms with Crippen molar-refractivity contribution in [3.05, 3.63) is 62.7 Å². The molecule has 1 unspecified atom stereocenters. The van der Waals surface area contributed by atoms with Crippen molar-refractivity contribution in [2.24, 2.45) is 0 Å². The fourth-order valence-corrected chi connectivity index (χ4v) is 4.63. The van der Waals surface area contributed by atoms with Crippen LogP contribution in [-0.2, 0) is 6.42 Å². The highest BCUT2D eigenvalue weighted by Crippen LogP contribution is 2.41. The van der Waals surface area contributed by atoms with Gasteiger partial charge in [-0.15, -0.1) is 0 Å². The second-order valence-electron chi connectivity index (χ2n) is 9.29. The summed E-state index contributed by atoms with van der Waals surface area (Å²) in [6.07, 6.45) is 10.3. The summed E-state index contributed by atoms with van der Waals surface area (Å²) >= 11 is 0. The number of ether oxygens (including phenoxy) is 2. The Kier molecular flexibility index (Phi) is 8.16. The number of fused-ring (bicyclic) bond motifs is 1. The average molecular weight is 440 g/mol. The quantitative estimate of drug-likeness (QED) is 0.208. The minimum atomic E-state index is -0.390. The summed E-state index contributed by atoms with van der Waals surface area (Å²) in [6, 6.07) is 8.58. The molecule has 5 heteroatoms. The normalized spacial score (nSPS) is 17.5. The van der Waals surface area contributed by atoms with Crippen LogP contribution in [0.5, 0.6) is 11.5 Å². The summed E-state index contributed by atoms with van der Waals surface area (Å²) in [4.78, 5) is 10.5. The molecule has 0 aliphatic carbocycles. The maximum atomic E-state index is 10.9. The van der Waals surface area contributed by atoms with Crippen molar-refractivity contribution in [3.8, 4) is 11.5 Å². The van der Waals surface area contributed by atoms with Crippen LogP contribution in [0, 0.1) is 30.9 Å².